The summed E-state index contributed by atoms with van der Waals surface area (Å²) in [5.74, 6) is 0.115. The Morgan fingerprint density at radius 3 is 2.85 bits per heavy atom. The number of hydrogen-bond acceptors (Lipinski definition) is 4. The van der Waals surface area contributed by atoms with Gasteiger partial charge in [0, 0.05) is 13.0 Å². The van der Waals surface area contributed by atoms with Gasteiger partial charge in [-0.15, -0.1) is 0 Å². The standard InChI is InChI=1S/C18H27IN4O3/c1-17(2,3)26-16(25)22-10-14-13(19)8-21-23(14)9-12(22)5-6-18(4)7-15(24)20-11-18/h8,12H,5-7,9-11H2,1-4H3,(H,20,24). The normalized spacial score (nSPS) is 25.8. The van der Waals surface area contributed by atoms with Crippen molar-refractivity contribution in [1.82, 2.24) is 20.0 Å². The number of aromatic nitrogens is 2. The Bertz CT molecular complexity index is 712. The molecule has 0 radical (unpaired) electrons. The molecule has 2 aliphatic heterocycles. The van der Waals surface area contributed by atoms with E-state index in [1.807, 2.05) is 36.5 Å². The molecular weight excluding hydrogens is 447 g/mol. The van der Waals surface area contributed by atoms with Crippen LogP contribution < -0.4 is 5.32 Å². The van der Waals surface area contributed by atoms with Gasteiger partial charge in [0.25, 0.3) is 0 Å². The predicted molar refractivity (Wildman–Crippen MR) is 105 cm³/mol. The average Bonchev–Trinajstić information content (AvgIpc) is 3.06. The molecule has 144 valence electrons. The van der Waals surface area contributed by atoms with Crippen LogP contribution in [0.25, 0.3) is 0 Å². The maximum atomic E-state index is 12.8. The lowest BCUT2D eigenvalue weighted by atomic mass is 9.83. The van der Waals surface area contributed by atoms with E-state index in [0.717, 1.165) is 22.1 Å². The fourth-order valence-corrected chi connectivity index (χ4v) is 4.16. The largest absolute Gasteiger partial charge is 0.444 e. The van der Waals surface area contributed by atoms with Crippen molar-refractivity contribution in [3.63, 3.8) is 0 Å². The third-order valence-corrected chi connectivity index (χ3v) is 5.95. The van der Waals surface area contributed by atoms with Crippen LogP contribution in [0.2, 0.25) is 0 Å². The van der Waals surface area contributed by atoms with Crippen LogP contribution in [0.5, 0.6) is 0 Å². The highest BCUT2D eigenvalue weighted by molar-refractivity contribution is 14.1. The zero-order valence-electron chi connectivity index (χ0n) is 15.8. The maximum Gasteiger partial charge on any atom is 0.410 e. The Morgan fingerprint density at radius 1 is 1.50 bits per heavy atom. The molecule has 2 atom stereocenters. The molecule has 1 saturated heterocycles. The number of carbonyl (C=O) groups excluding carboxylic acids is 2. The lowest BCUT2D eigenvalue weighted by Crippen LogP contribution is -2.49. The fraction of sp³-hybridized carbons (Fsp3) is 0.722. The molecular formula is C18H27IN4O3. The van der Waals surface area contributed by atoms with Crippen molar-refractivity contribution in [2.75, 3.05) is 6.54 Å². The minimum atomic E-state index is -0.528. The topological polar surface area (TPSA) is 76.5 Å². The van der Waals surface area contributed by atoms with E-state index in [9.17, 15) is 9.59 Å². The van der Waals surface area contributed by atoms with Gasteiger partial charge in [-0.1, -0.05) is 6.92 Å². The molecule has 0 spiro atoms. The second-order valence-corrected chi connectivity index (χ2v) is 9.85. The van der Waals surface area contributed by atoms with Gasteiger partial charge < -0.3 is 10.1 Å². The van der Waals surface area contributed by atoms with Crippen LogP contribution in [-0.4, -0.2) is 44.9 Å². The summed E-state index contributed by atoms with van der Waals surface area (Å²) in [5, 5.41) is 7.37. The maximum absolute atomic E-state index is 12.8. The molecule has 0 aliphatic carbocycles. The first kappa shape index (κ1) is 19.4. The molecule has 3 heterocycles. The van der Waals surface area contributed by atoms with Crippen LogP contribution >= 0.6 is 22.6 Å². The van der Waals surface area contributed by atoms with Crippen molar-refractivity contribution in [3.05, 3.63) is 15.5 Å². The number of carbonyl (C=O) groups is 2. The van der Waals surface area contributed by atoms with Gasteiger partial charge in [0.2, 0.25) is 5.91 Å². The van der Waals surface area contributed by atoms with E-state index in [1.54, 1.807) is 0 Å². The zero-order valence-corrected chi connectivity index (χ0v) is 18.0. The summed E-state index contributed by atoms with van der Waals surface area (Å²) in [6, 6.07) is 0.0144. The van der Waals surface area contributed by atoms with Crippen LogP contribution in [0.4, 0.5) is 4.79 Å². The predicted octanol–water partition coefficient (Wildman–Crippen LogP) is 2.91. The van der Waals surface area contributed by atoms with E-state index >= 15 is 0 Å². The smallest absolute Gasteiger partial charge is 0.410 e. The molecule has 3 rings (SSSR count). The summed E-state index contributed by atoms with van der Waals surface area (Å²) < 4.78 is 8.70. The van der Waals surface area contributed by atoms with Crippen molar-refractivity contribution in [2.24, 2.45) is 5.41 Å². The molecule has 0 saturated carbocycles. The molecule has 0 aromatic carbocycles. The average molecular weight is 474 g/mol. The SMILES string of the molecule is CC1(CCC2Cn3ncc(I)c3CN2C(=O)OC(C)(C)C)CNC(=O)C1. The van der Waals surface area contributed by atoms with Crippen molar-refractivity contribution in [3.8, 4) is 0 Å². The summed E-state index contributed by atoms with van der Waals surface area (Å²) >= 11 is 2.26. The van der Waals surface area contributed by atoms with E-state index in [2.05, 4.69) is 39.9 Å². The van der Waals surface area contributed by atoms with Gasteiger partial charge in [-0.05, 0) is 61.6 Å². The quantitative estimate of drug-likeness (QED) is 0.684. The van der Waals surface area contributed by atoms with Crippen LogP contribution in [0, 0.1) is 8.99 Å². The molecule has 1 aromatic heterocycles. The Morgan fingerprint density at radius 2 is 2.23 bits per heavy atom. The Hall–Kier alpha value is -1.32. The van der Waals surface area contributed by atoms with Crippen molar-refractivity contribution < 1.29 is 14.3 Å². The lowest BCUT2D eigenvalue weighted by Gasteiger charge is -2.38. The first-order valence-corrected chi connectivity index (χ1v) is 10.1. The molecule has 2 unspecified atom stereocenters. The van der Waals surface area contributed by atoms with E-state index < -0.39 is 5.60 Å². The molecule has 1 aromatic rings. The highest BCUT2D eigenvalue weighted by atomic mass is 127. The van der Waals surface area contributed by atoms with Crippen LogP contribution in [0.1, 0.15) is 52.7 Å². The molecule has 0 bridgehead atoms. The van der Waals surface area contributed by atoms with E-state index in [4.69, 9.17) is 4.74 Å². The van der Waals surface area contributed by atoms with E-state index in [1.165, 1.54) is 0 Å². The number of amides is 2. The van der Waals surface area contributed by atoms with E-state index in [0.29, 0.717) is 26.1 Å². The summed E-state index contributed by atoms with van der Waals surface area (Å²) in [5.41, 5.74) is 0.479. The summed E-state index contributed by atoms with van der Waals surface area (Å²) in [4.78, 5) is 26.2. The van der Waals surface area contributed by atoms with Gasteiger partial charge in [0.05, 0.1) is 34.6 Å². The molecule has 1 fully saturated rings. The summed E-state index contributed by atoms with van der Waals surface area (Å²) in [7, 11) is 0. The van der Waals surface area contributed by atoms with Gasteiger partial charge in [0.1, 0.15) is 5.60 Å². The first-order chi connectivity index (χ1) is 12.1. The minimum Gasteiger partial charge on any atom is -0.444 e. The van der Waals surface area contributed by atoms with Crippen LogP contribution in [0.15, 0.2) is 6.20 Å². The Balaban J connectivity index is 1.75. The number of ether oxygens (including phenoxy) is 1. The first-order valence-electron chi connectivity index (χ1n) is 9.03. The Kier molecular flexibility index (Phi) is 5.24. The summed E-state index contributed by atoms with van der Waals surface area (Å²) in [6.45, 7) is 9.66. The highest BCUT2D eigenvalue weighted by Gasteiger charge is 2.38. The van der Waals surface area contributed by atoms with Crippen LogP contribution in [0.3, 0.4) is 0 Å². The number of rotatable bonds is 3. The monoisotopic (exact) mass is 474 g/mol. The van der Waals surface area contributed by atoms with Gasteiger partial charge >= 0.3 is 6.09 Å². The van der Waals surface area contributed by atoms with Gasteiger partial charge in [0.15, 0.2) is 0 Å². The lowest BCUT2D eigenvalue weighted by molar-refractivity contribution is -0.119. The Labute approximate surface area is 168 Å². The van der Waals surface area contributed by atoms with Gasteiger partial charge in [-0.3, -0.25) is 14.4 Å². The minimum absolute atomic E-state index is 0.0144. The third-order valence-electron chi connectivity index (χ3n) is 5.05. The number of nitrogens with one attached hydrogen (secondary N) is 1. The van der Waals surface area contributed by atoms with Gasteiger partial charge in [-0.2, -0.15) is 5.10 Å². The molecule has 2 aliphatic rings. The van der Waals surface area contributed by atoms with Crippen LogP contribution in [-0.2, 0) is 22.6 Å². The van der Waals surface area contributed by atoms with E-state index in [-0.39, 0.29) is 23.5 Å². The second kappa shape index (κ2) is 7.01. The third kappa shape index (κ3) is 4.32. The molecule has 8 heteroatoms. The van der Waals surface area contributed by atoms with Crippen molar-refractivity contribution >= 4 is 34.6 Å². The number of nitrogens with zero attached hydrogens (tertiary/aromatic N) is 3. The molecule has 26 heavy (non-hydrogen) atoms. The van der Waals surface area contributed by atoms with Crippen molar-refractivity contribution in [1.29, 1.82) is 0 Å². The molecule has 7 nitrogen and oxygen atoms in total. The van der Waals surface area contributed by atoms with Crippen molar-refractivity contribution in [2.45, 2.75) is 71.7 Å². The number of hydrogen-bond donors (Lipinski definition) is 1. The number of halogens is 1. The zero-order chi connectivity index (χ0) is 19.1. The van der Waals surface area contributed by atoms with Gasteiger partial charge in [-0.25, -0.2) is 4.79 Å². The molecule has 2 amide bonds. The summed E-state index contributed by atoms with van der Waals surface area (Å²) in [6.07, 6.45) is 3.81. The second-order valence-electron chi connectivity index (χ2n) is 8.69. The number of fused-ring (bicyclic) bond motifs is 1. The highest BCUT2D eigenvalue weighted by Crippen LogP contribution is 2.34. The fourth-order valence-electron chi connectivity index (χ4n) is 3.59. The molecule has 1 N–H and O–H groups in total.